The Labute approximate surface area is 127 Å². The molecule has 1 atom stereocenters. The van der Waals surface area contributed by atoms with Crippen LogP contribution in [0.3, 0.4) is 0 Å². The van der Waals surface area contributed by atoms with Crippen molar-refractivity contribution in [2.24, 2.45) is 0 Å². The number of aryl methyl sites for hydroxylation is 2. The van der Waals surface area contributed by atoms with Gasteiger partial charge in [0.25, 0.3) is 0 Å². The van der Waals surface area contributed by atoms with Crippen LogP contribution in [0.25, 0.3) is 0 Å². The molecule has 0 amide bonds. The number of nitrogens with one attached hydrogen (secondary N) is 1. The Hall–Kier alpha value is -1.11. The van der Waals surface area contributed by atoms with Gasteiger partial charge in [-0.15, -0.1) is 0 Å². The molecular formula is C15H24N2O3S. The molecule has 1 aromatic carbocycles. The van der Waals surface area contributed by atoms with Crippen LogP contribution in [-0.4, -0.2) is 43.6 Å². The van der Waals surface area contributed by atoms with Gasteiger partial charge in [-0.25, -0.2) is 8.42 Å². The highest BCUT2D eigenvalue weighted by atomic mass is 32.2. The molecule has 118 valence electrons. The number of sulfonamides is 1. The van der Waals surface area contributed by atoms with Crippen LogP contribution in [0.15, 0.2) is 17.0 Å². The average molecular weight is 312 g/mol. The SMILES string of the molecule is CCNc1cc(C)c(S(=O)(=O)N2CCCC2CO)c(C)c1. The van der Waals surface area contributed by atoms with E-state index in [1.807, 2.05) is 32.9 Å². The molecule has 0 saturated carbocycles. The molecule has 0 bridgehead atoms. The van der Waals surface area contributed by atoms with Crippen LogP contribution < -0.4 is 5.32 Å². The summed E-state index contributed by atoms with van der Waals surface area (Å²) in [6, 6.07) is 3.45. The van der Waals surface area contributed by atoms with Crippen molar-refractivity contribution in [1.29, 1.82) is 0 Å². The quantitative estimate of drug-likeness (QED) is 0.871. The number of benzene rings is 1. The van der Waals surface area contributed by atoms with E-state index in [-0.39, 0.29) is 12.6 Å². The summed E-state index contributed by atoms with van der Waals surface area (Å²) in [5.41, 5.74) is 2.43. The number of aliphatic hydroxyl groups excluding tert-OH is 1. The van der Waals surface area contributed by atoms with Gasteiger partial charge in [0, 0.05) is 24.8 Å². The topological polar surface area (TPSA) is 69.6 Å². The van der Waals surface area contributed by atoms with Crippen molar-refractivity contribution in [1.82, 2.24) is 4.31 Å². The van der Waals surface area contributed by atoms with Gasteiger partial charge in [0.05, 0.1) is 11.5 Å². The third kappa shape index (κ3) is 3.07. The fourth-order valence-electron chi connectivity index (χ4n) is 3.09. The average Bonchev–Trinajstić information content (AvgIpc) is 2.86. The first-order valence-corrected chi connectivity index (χ1v) is 8.83. The minimum atomic E-state index is -3.55. The smallest absolute Gasteiger partial charge is 0.243 e. The zero-order chi connectivity index (χ0) is 15.6. The summed E-state index contributed by atoms with van der Waals surface area (Å²) in [6.07, 6.45) is 1.53. The molecule has 1 heterocycles. The zero-order valence-corrected chi connectivity index (χ0v) is 13.7. The van der Waals surface area contributed by atoms with Crippen LogP contribution in [0.2, 0.25) is 0 Å². The van der Waals surface area contributed by atoms with Crippen molar-refractivity contribution in [2.75, 3.05) is 25.0 Å². The largest absolute Gasteiger partial charge is 0.395 e. The number of aliphatic hydroxyl groups is 1. The maximum atomic E-state index is 12.9. The molecule has 0 aromatic heterocycles. The van der Waals surface area contributed by atoms with Crippen molar-refractivity contribution in [3.8, 4) is 0 Å². The molecular weight excluding hydrogens is 288 g/mol. The standard InChI is InChI=1S/C15H24N2O3S/c1-4-16-13-8-11(2)15(12(3)9-13)21(19,20)17-7-5-6-14(17)10-18/h8-9,14,16,18H,4-7,10H2,1-3H3. The molecule has 21 heavy (non-hydrogen) atoms. The monoisotopic (exact) mass is 312 g/mol. The van der Waals surface area contributed by atoms with Gasteiger partial charge in [0.1, 0.15) is 0 Å². The van der Waals surface area contributed by atoms with Crippen LogP contribution in [0, 0.1) is 13.8 Å². The van der Waals surface area contributed by atoms with E-state index in [1.54, 1.807) is 0 Å². The molecule has 1 fully saturated rings. The number of nitrogens with zero attached hydrogens (tertiary/aromatic N) is 1. The van der Waals surface area contributed by atoms with Crippen LogP contribution in [0.1, 0.15) is 30.9 Å². The number of hydrogen-bond acceptors (Lipinski definition) is 4. The Bertz CT molecular complexity index is 590. The number of hydrogen-bond donors (Lipinski definition) is 2. The number of rotatable bonds is 5. The van der Waals surface area contributed by atoms with Gasteiger partial charge in [-0.2, -0.15) is 4.31 Å². The Morgan fingerprint density at radius 2 is 1.95 bits per heavy atom. The first-order chi connectivity index (χ1) is 9.91. The van der Waals surface area contributed by atoms with Crippen LogP contribution in [0.4, 0.5) is 5.69 Å². The van der Waals surface area contributed by atoms with Crippen LogP contribution in [0.5, 0.6) is 0 Å². The Kier molecular flexibility index (Phi) is 4.91. The first-order valence-electron chi connectivity index (χ1n) is 7.39. The summed E-state index contributed by atoms with van der Waals surface area (Å²) in [5, 5.41) is 12.6. The molecule has 2 N–H and O–H groups in total. The molecule has 0 spiro atoms. The summed E-state index contributed by atoms with van der Waals surface area (Å²) in [5.74, 6) is 0. The second kappa shape index (κ2) is 6.34. The van der Waals surface area contributed by atoms with Crippen molar-refractivity contribution in [3.63, 3.8) is 0 Å². The Morgan fingerprint density at radius 3 is 2.48 bits per heavy atom. The molecule has 1 aliphatic rings. The third-order valence-corrected chi connectivity index (χ3v) is 6.20. The van der Waals surface area contributed by atoms with Gasteiger partial charge < -0.3 is 10.4 Å². The molecule has 1 aliphatic heterocycles. The van der Waals surface area contributed by atoms with Gasteiger partial charge >= 0.3 is 0 Å². The fourth-order valence-corrected chi connectivity index (χ4v) is 5.19. The number of anilines is 1. The van der Waals surface area contributed by atoms with Crippen molar-refractivity contribution in [2.45, 2.75) is 44.6 Å². The van der Waals surface area contributed by atoms with E-state index in [0.29, 0.717) is 11.4 Å². The lowest BCUT2D eigenvalue weighted by molar-refractivity contribution is 0.213. The second-order valence-electron chi connectivity index (χ2n) is 5.56. The molecule has 6 heteroatoms. The van der Waals surface area contributed by atoms with Gasteiger partial charge in [0.2, 0.25) is 10.0 Å². The highest BCUT2D eigenvalue weighted by Gasteiger charge is 2.36. The summed E-state index contributed by atoms with van der Waals surface area (Å²) in [6.45, 7) is 6.82. The minimum absolute atomic E-state index is 0.118. The van der Waals surface area contributed by atoms with E-state index in [9.17, 15) is 13.5 Å². The van der Waals surface area contributed by atoms with E-state index in [2.05, 4.69) is 5.32 Å². The lowest BCUT2D eigenvalue weighted by Gasteiger charge is -2.24. The van der Waals surface area contributed by atoms with E-state index < -0.39 is 10.0 Å². The molecule has 2 rings (SSSR count). The van der Waals surface area contributed by atoms with E-state index in [0.717, 1.165) is 36.2 Å². The Morgan fingerprint density at radius 1 is 1.33 bits per heavy atom. The normalized spacial score (nSPS) is 19.9. The Balaban J connectivity index is 2.45. The second-order valence-corrected chi connectivity index (χ2v) is 7.39. The molecule has 0 radical (unpaired) electrons. The van der Waals surface area contributed by atoms with Crippen molar-refractivity contribution >= 4 is 15.7 Å². The minimum Gasteiger partial charge on any atom is -0.395 e. The maximum Gasteiger partial charge on any atom is 0.243 e. The van der Waals surface area contributed by atoms with Gasteiger partial charge in [-0.1, -0.05) is 0 Å². The van der Waals surface area contributed by atoms with Crippen LogP contribution in [-0.2, 0) is 10.0 Å². The fraction of sp³-hybridized carbons (Fsp3) is 0.600. The van der Waals surface area contributed by atoms with E-state index in [4.69, 9.17) is 0 Å². The van der Waals surface area contributed by atoms with Crippen LogP contribution >= 0.6 is 0 Å². The molecule has 0 aliphatic carbocycles. The van der Waals surface area contributed by atoms with Gasteiger partial charge in [-0.05, 0) is 56.9 Å². The van der Waals surface area contributed by atoms with Crippen molar-refractivity contribution in [3.05, 3.63) is 23.3 Å². The zero-order valence-electron chi connectivity index (χ0n) is 12.9. The lowest BCUT2D eigenvalue weighted by atomic mass is 10.1. The van der Waals surface area contributed by atoms with Crippen molar-refractivity contribution < 1.29 is 13.5 Å². The van der Waals surface area contributed by atoms with E-state index >= 15 is 0 Å². The summed E-state index contributed by atoms with van der Waals surface area (Å²) >= 11 is 0. The highest BCUT2D eigenvalue weighted by molar-refractivity contribution is 7.89. The third-order valence-electron chi connectivity index (χ3n) is 3.94. The summed E-state index contributed by atoms with van der Waals surface area (Å²) < 4.78 is 27.3. The highest BCUT2D eigenvalue weighted by Crippen LogP contribution is 2.31. The molecule has 1 unspecified atom stereocenters. The predicted molar refractivity (Wildman–Crippen MR) is 84.1 cm³/mol. The summed E-state index contributed by atoms with van der Waals surface area (Å²) in [7, 11) is -3.55. The lowest BCUT2D eigenvalue weighted by Crippen LogP contribution is -2.38. The maximum absolute atomic E-state index is 12.9. The molecule has 1 aromatic rings. The molecule has 1 saturated heterocycles. The predicted octanol–water partition coefficient (Wildman–Crippen LogP) is 1.88. The van der Waals surface area contributed by atoms with E-state index in [1.165, 1.54) is 4.31 Å². The summed E-state index contributed by atoms with van der Waals surface area (Å²) in [4.78, 5) is 0.379. The first kappa shape index (κ1) is 16.3. The van der Waals surface area contributed by atoms with Gasteiger partial charge in [0.15, 0.2) is 0 Å². The van der Waals surface area contributed by atoms with Gasteiger partial charge in [-0.3, -0.25) is 0 Å². The molecule has 5 nitrogen and oxygen atoms in total.